The van der Waals surface area contributed by atoms with Crippen molar-refractivity contribution in [3.05, 3.63) is 83.8 Å². The quantitative estimate of drug-likeness (QED) is 0.373. The second-order valence-corrected chi connectivity index (χ2v) is 7.84. The molecule has 0 bridgehead atoms. The highest BCUT2D eigenvalue weighted by Gasteiger charge is 2.42. The van der Waals surface area contributed by atoms with E-state index in [4.69, 9.17) is 9.47 Å². The molecule has 0 unspecified atom stereocenters. The Morgan fingerprint density at radius 3 is 2.49 bits per heavy atom. The first-order valence-electron chi connectivity index (χ1n) is 11.3. The molecular formula is C26H27F2N3O4. The summed E-state index contributed by atoms with van der Waals surface area (Å²) < 4.78 is 38.0. The standard InChI is InChI=1S/C26H27F2N3O4/c1-3-26(25(33)34-4-2,13-12-24(32)35-17-18-8-6-5-7-9-18)22-15-29-16-23(31-22)30-21-11-10-19(27)14-20(21)28/h5-11,14-16H,3-4,12-13,17H2,1-2H3,(H,30,31)/t26-/m1/s1. The highest BCUT2D eigenvalue weighted by atomic mass is 19.1. The number of hydrogen-bond acceptors (Lipinski definition) is 7. The third kappa shape index (κ3) is 6.59. The number of hydrogen-bond donors (Lipinski definition) is 1. The number of nitrogens with zero attached hydrogens (tertiary/aromatic N) is 2. The summed E-state index contributed by atoms with van der Waals surface area (Å²) in [6.45, 7) is 3.74. The Kier molecular flexibility index (Phi) is 8.83. The predicted octanol–water partition coefficient (Wildman–Crippen LogP) is 5.23. The topological polar surface area (TPSA) is 90.4 Å². The molecule has 3 rings (SSSR count). The van der Waals surface area contributed by atoms with Crippen LogP contribution in [0.2, 0.25) is 0 Å². The summed E-state index contributed by atoms with van der Waals surface area (Å²) >= 11 is 0. The normalized spacial score (nSPS) is 12.5. The van der Waals surface area contributed by atoms with Crippen LogP contribution in [0.25, 0.3) is 0 Å². The van der Waals surface area contributed by atoms with E-state index in [1.165, 1.54) is 18.5 Å². The van der Waals surface area contributed by atoms with Crippen molar-refractivity contribution in [1.82, 2.24) is 9.97 Å². The average molecular weight is 484 g/mol. The minimum absolute atomic E-state index is 0.000530. The van der Waals surface area contributed by atoms with Crippen molar-refractivity contribution in [2.24, 2.45) is 0 Å². The Bertz CT molecular complexity index is 1160. The van der Waals surface area contributed by atoms with E-state index < -0.39 is 29.0 Å². The van der Waals surface area contributed by atoms with E-state index in [1.54, 1.807) is 13.8 Å². The van der Waals surface area contributed by atoms with Crippen LogP contribution in [0.4, 0.5) is 20.3 Å². The lowest BCUT2D eigenvalue weighted by atomic mass is 9.77. The third-order valence-corrected chi connectivity index (χ3v) is 5.59. The fraction of sp³-hybridized carbons (Fsp3) is 0.308. The zero-order valence-corrected chi connectivity index (χ0v) is 19.6. The Morgan fingerprint density at radius 2 is 1.80 bits per heavy atom. The predicted molar refractivity (Wildman–Crippen MR) is 126 cm³/mol. The van der Waals surface area contributed by atoms with Gasteiger partial charge >= 0.3 is 11.9 Å². The fourth-order valence-electron chi connectivity index (χ4n) is 3.62. The number of nitrogens with one attached hydrogen (secondary N) is 1. The van der Waals surface area contributed by atoms with Gasteiger partial charge in [0.1, 0.15) is 29.5 Å². The Balaban J connectivity index is 1.81. The molecule has 0 amide bonds. The monoisotopic (exact) mass is 483 g/mol. The summed E-state index contributed by atoms with van der Waals surface area (Å²) in [5.41, 5.74) is -0.151. The third-order valence-electron chi connectivity index (χ3n) is 5.59. The lowest BCUT2D eigenvalue weighted by Gasteiger charge is -2.29. The molecule has 0 radical (unpaired) electrons. The van der Waals surface area contributed by atoms with E-state index in [9.17, 15) is 18.4 Å². The summed E-state index contributed by atoms with van der Waals surface area (Å²) in [5, 5.41) is 2.75. The number of carbonyl (C=O) groups is 2. The fourth-order valence-corrected chi connectivity index (χ4v) is 3.62. The average Bonchev–Trinajstić information content (AvgIpc) is 2.86. The maximum atomic E-state index is 14.1. The molecule has 1 atom stereocenters. The summed E-state index contributed by atoms with van der Waals surface area (Å²) in [7, 11) is 0. The van der Waals surface area contributed by atoms with Gasteiger partial charge in [0.15, 0.2) is 0 Å². The smallest absolute Gasteiger partial charge is 0.318 e. The van der Waals surface area contributed by atoms with Crippen molar-refractivity contribution in [1.29, 1.82) is 0 Å². The van der Waals surface area contributed by atoms with Crippen molar-refractivity contribution in [2.45, 2.75) is 45.1 Å². The van der Waals surface area contributed by atoms with Gasteiger partial charge in [-0.15, -0.1) is 0 Å². The van der Waals surface area contributed by atoms with E-state index in [-0.39, 0.29) is 49.7 Å². The van der Waals surface area contributed by atoms with E-state index in [2.05, 4.69) is 15.3 Å². The lowest BCUT2D eigenvalue weighted by Crippen LogP contribution is -2.39. The van der Waals surface area contributed by atoms with Crippen LogP contribution < -0.4 is 5.32 Å². The first-order valence-corrected chi connectivity index (χ1v) is 11.3. The second kappa shape index (κ2) is 12.0. The largest absolute Gasteiger partial charge is 0.465 e. The van der Waals surface area contributed by atoms with Gasteiger partial charge < -0.3 is 14.8 Å². The van der Waals surface area contributed by atoms with Gasteiger partial charge in [-0.2, -0.15) is 0 Å². The molecule has 184 valence electrons. The Hall–Kier alpha value is -3.88. The lowest BCUT2D eigenvalue weighted by molar-refractivity contribution is -0.152. The summed E-state index contributed by atoms with van der Waals surface area (Å²) in [4.78, 5) is 34.2. The van der Waals surface area contributed by atoms with Crippen molar-refractivity contribution < 1.29 is 27.8 Å². The number of halogens is 2. The Labute approximate surface area is 202 Å². The summed E-state index contributed by atoms with van der Waals surface area (Å²) in [6, 6.07) is 12.4. The molecule has 0 saturated heterocycles. The molecule has 1 N–H and O–H groups in total. The minimum atomic E-state index is -1.27. The first kappa shape index (κ1) is 25.7. The zero-order valence-electron chi connectivity index (χ0n) is 19.6. The number of esters is 2. The molecule has 0 aliphatic carbocycles. The van der Waals surface area contributed by atoms with Crippen LogP contribution in [0.1, 0.15) is 44.4 Å². The van der Waals surface area contributed by atoms with Crippen LogP contribution >= 0.6 is 0 Å². The van der Waals surface area contributed by atoms with Crippen LogP contribution in [0.3, 0.4) is 0 Å². The highest BCUT2D eigenvalue weighted by Crippen LogP contribution is 2.34. The van der Waals surface area contributed by atoms with Gasteiger partial charge in [0.05, 0.1) is 24.2 Å². The van der Waals surface area contributed by atoms with E-state index in [0.717, 1.165) is 17.7 Å². The van der Waals surface area contributed by atoms with Crippen LogP contribution in [-0.4, -0.2) is 28.5 Å². The molecular weight excluding hydrogens is 456 g/mol. The van der Waals surface area contributed by atoms with Crippen molar-refractivity contribution in [2.75, 3.05) is 11.9 Å². The zero-order chi connectivity index (χ0) is 25.3. The van der Waals surface area contributed by atoms with Crippen molar-refractivity contribution in [3.8, 4) is 0 Å². The molecule has 0 saturated carbocycles. The molecule has 1 heterocycles. The number of benzene rings is 2. The number of aromatic nitrogens is 2. The van der Waals surface area contributed by atoms with Crippen LogP contribution in [0.5, 0.6) is 0 Å². The molecule has 0 fully saturated rings. The Morgan fingerprint density at radius 1 is 1.03 bits per heavy atom. The van der Waals surface area contributed by atoms with Crippen molar-refractivity contribution >= 4 is 23.4 Å². The molecule has 2 aromatic carbocycles. The van der Waals surface area contributed by atoms with Crippen LogP contribution in [0, 0.1) is 11.6 Å². The van der Waals surface area contributed by atoms with Crippen LogP contribution in [-0.2, 0) is 31.1 Å². The molecule has 7 nitrogen and oxygen atoms in total. The molecule has 35 heavy (non-hydrogen) atoms. The SMILES string of the molecule is CCOC(=O)[C@](CC)(CCC(=O)OCc1ccccc1)c1cncc(Nc2ccc(F)cc2F)n1. The molecule has 0 aliphatic heterocycles. The summed E-state index contributed by atoms with van der Waals surface area (Å²) in [5.74, 6) is -2.36. The number of rotatable bonds is 11. The van der Waals surface area contributed by atoms with Gasteiger partial charge in [0.2, 0.25) is 0 Å². The first-order chi connectivity index (χ1) is 16.9. The van der Waals surface area contributed by atoms with Gasteiger partial charge in [0.25, 0.3) is 0 Å². The highest BCUT2D eigenvalue weighted by molar-refractivity contribution is 5.83. The van der Waals surface area contributed by atoms with E-state index >= 15 is 0 Å². The number of carbonyl (C=O) groups excluding carboxylic acids is 2. The molecule has 9 heteroatoms. The van der Waals surface area contributed by atoms with Gasteiger partial charge in [-0.1, -0.05) is 37.3 Å². The maximum absolute atomic E-state index is 14.1. The van der Waals surface area contributed by atoms with Gasteiger partial charge in [0, 0.05) is 18.7 Å². The second-order valence-electron chi connectivity index (χ2n) is 7.84. The van der Waals surface area contributed by atoms with Crippen LogP contribution in [0.15, 0.2) is 60.9 Å². The maximum Gasteiger partial charge on any atom is 0.318 e. The van der Waals surface area contributed by atoms with E-state index in [1.807, 2.05) is 30.3 Å². The molecule has 0 aliphatic rings. The van der Waals surface area contributed by atoms with Gasteiger partial charge in [-0.05, 0) is 37.5 Å². The summed E-state index contributed by atoms with van der Waals surface area (Å²) in [6.07, 6.45) is 3.08. The van der Waals surface area contributed by atoms with Gasteiger partial charge in [-0.3, -0.25) is 14.6 Å². The molecule has 1 aromatic heterocycles. The van der Waals surface area contributed by atoms with Crippen molar-refractivity contribution in [3.63, 3.8) is 0 Å². The minimum Gasteiger partial charge on any atom is -0.465 e. The van der Waals surface area contributed by atoms with Gasteiger partial charge in [-0.25, -0.2) is 13.8 Å². The number of ether oxygens (including phenoxy) is 2. The number of anilines is 2. The molecule has 0 spiro atoms. The van der Waals surface area contributed by atoms with E-state index in [0.29, 0.717) is 0 Å². The molecule has 3 aromatic rings.